The maximum absolute atomic E-state index is 6.52. The fourth-order valence-electron chi connectivity index (χ4n) is 4.89. The fourth-order valence-corrected chi connectivity index (χ4v) is 5.49. The molecule has 1 fully saturated rings. The molecule has 35 heavy (non-hydrogen) atoms. The summed E-state index contributed by atoms with van der Waals surface area (Å²) in [5, 5.41) is 4.71. The smallest absolute Gasteiger partial charge is 0.174 e. The van der Waals surface area contributed by atoms with E-state index in [4.69, 9.17) is 28.6 Å². The van der Waals surface area contributed by atoms with Crippen LogP contribution in [0.15, 0.2) is 79.0 Å². The molecule has 0 spiro atoms. The maximum atomic E-state index is 6.52. The molecule has 1 aliphatic rings. The van der Waals surface area contributed by atoms with E-state index >= 15 is 0 Å². The van der Waals surface area contributed by atoms with Crippen LogP contribution in [-0.4, -0.2) is 21.8 Å². The van der Waals surface area contributed by atoms with Crippen LogP contribution in [0.4, 0.5) is 5.69 Å². The Morgan fingerprint density at radius 1 is 1.03 bits per heavy atom. The van der Waals surface area contributed by atoms with Crippen molar-refractivity contribution in [1.82, 2.24) is 14.9 Å². The quantitative estimate of drug-likeness (QED) is 0.309. The average molecular weight is 503 g/mol. The van der Waals surface area contributed by atoms with Crippen LogP contribution in [0.1, 0.15) is 40.3 Å². The molecule has 0 bridgehead atoms. The molecule has 0 radical (unpaired) electrons. The highest BCUT2D eigenvalue weighted by Crippen LogP contribution is 2.44. The number of halogens is 1. The summed E-state index contributed by atoms with van der Waals surface area (Å²) in [6.45, 7) is 5.15. The van der Waals surface area contributed by atoms with Crippen molar-refractivity contribution in [3.05, 3.63) is 112 Å². The summed E-state index contributed by atoms with van der Waals surface area (Å²) in [4.78, 5) is 6.82. The zero-order chi connectivity index (χ0) is 24.5. The lowest BCUT2D eigenvalue weighted by molar-refractivity contribution is 0.415. The van der Waals surface area contributed by atoms with E-state index in [9.17, 15) is 0 Å². The average Bonchev–Trinajstić information content (AvgIpc) is 3.36. The molecule has 1 saturated heterocycles. The van der Waals surface area contributed by atoms with E-state index in [0.29, 0.717) is 15.9 Å². The van der Waals surface area contributed by atoms with Crippen molar-refractivity contribution < 1.29 is 4.74 Å². The molecular weight excluding hydrogens is 476 g/mol. The number of thiocarbonyl (C=S) groups is 1. The van der Waals surface area contributed by atoms with Crippen LogP contribution in [0.3, 0.4) is 0 Å². The number of rotatable bonds is 6. The zero-order valence-electron chi connectivity index (χ0n) is 19.9. The largest absolute Gasteiger partial charge is 0.495 e. The molecular formula is C28H27ClN4OS. The summed E-state index contributed by atoms with van der Waals surface area (Å²) < 4.78 is 7.74. The van der Waals surface area contributed by atoms with E-state index in [1.165, 1.54) is 22.5 Å². The first kappa shape index (κ1) is 23.4. The monoisotopic (exact) mass is 502 g/mol. The Hall–Kier alpha value is -3.35. The molecule has 0 unspecified atom stereocenters. The van der Waals surface area contributed by atoms with Gasteiger partial charge in [0, 0.05) is 29.8 Å². The SMILES string of the molecule is COc1ccc(N2C(=S)N[C@H](c3ccccn3)[C@@H]2c2cc(C)n(Cc3ccccc3)c2C)cc1Cl. The van der Waals surface area contributed by atoms with Crippen LogP contribution < -0.4 is 15.0 Å². The van der Waals surface area contributed by atoms with E-state index < -0.39 is 0 Å². The standard InChI is InChI=1S/C28H27ClN4OS/c1-18-15-22(19(2)32(18)17-20-9-5-4-6-10-20)27-26(24-11-7-8-14-30-24)31-28(35)33(27)21-12-13-25(34-3)23(29)16-21/h4-16,26-27H,17H2,1-3H3,(H,31,35)/t26-,27+/m1/s1. The summed E-state index contributed by atoms with van der Waals surface area (Å²) in [5.41, 5.74) is 6.72. The Kier molecular flexibility index (Phi) is 6.50. The van der Waals surface area contributed by atoms with Gasteiger partial charge in [0.25, 0.3) is 0 Å². The van der Waals surface area contributed by atoms with Crippen molar-refractivity contribution in [3.8, 4) is 5.75 Å². The van der Waals surface area contributed by atoms with Crippen LogP contribution in [0.2, 0.25) is 5.02 Å². The number of aromatic nitrogens is 2. The molecule has 1 N–H and O–H groups in total. The number of nitrogens with one attached hydrogen (secondary N) is 1. The van der Waals surface area contributed by atoms with Crippen LogP contribution in [0.25, 0.3) is 0 Å². The Labute approximate surface area is 216 Å². The zero-order valence-corrected chi connectivity index (χ0v) is 21.5. The molecule has 2 aromatic heterocycles. The van der Waals surface area contributed by atoms with Gasteiger partial charge in [-0.1, -0.05) is 48.0 Å². The number of nitrogens with zero attached hydrogens (tertiary/aromatic N) is 3. The molecule has 0 amide bonds. The Bertz CT molecular complexity index is 1360. The summed E-state index contributed by atoms with van der Waals surface area (Å²) in [5.74, 6) is 0.632. The number of ether oxygens (including phenoxy) is 1. The number of pyridine rings is 1. The van der Waals surface area contributed by atoms with Gasteiger partial charge in [-0.2, -0.15) is 0 Å². The molecule has 7 heteroatoms. The van der Waals surface area contributed by atoms with Gasteiger partial charge >= 0.3 is 0 Å². The number of hydrogen-bond donors (Lipinski definition) is 1. The Morgan fingerprint density at radius 2 is 1.80 bits per heavy atom. The molecule has 4 aromatic rings. The third kappa shape index (κ3) is 4.40. The van der Waals surface area contributed by atoms with Gasteiger partial charge in [-0.15, -0.1) is 0 Å². The molecule has 2 atom stereocenters. The third-order valence-electron chi connectivity index (χ3n) is 6.63. The molecule has 0 saturated carbocycles. The highest BCUT2D eigenvalue weighted by molar-refractivity contribution is 7.80. The minimum atomic E-state index is -0.116. The number of anilines is 1. The van der Waals surface area contributed by atoms with E-state index in [0.717, 1.165) is 17.9 Å². The van der Waals surface area contributed by atoms with E-state index in [2.05, 4.69) is 63.9 Å². The molecule has 5 rings (SSSR count). The topological polar surface area (TPSA) is 42.3 Å². The lowest BCUT2D eigenvalue weighted by Crippen LogP contribution is -2.29. The predicted octanol–water partition coefficient (Wildman–Crippen LogP) is 6.39. The van der Waals surface area contributed by atoms with Gasteiger partial charge in [0.2, 0.25) is 0 Å². The van der Waals surface area contributed by atoms with E-state index in [-0.39, 0.29) is 12.1 Å². The maximum Gasteiger partial charge on any atom is 0.174 e. The van der Waals surface area contributed by atoms with Gasteiger partial charge in [0.15, 0.2) is 5.11 Å². The summed E-state index contributed by atoms with van der Waals surface area (Å²) >= 11 is 12.4. The van der Waals surface area contributed by atoms with Crippen molar-refractivity contribution in [1.29, 1.82) is 0 Å². The van der Waals surface area contributed by atoms with Crippen molar-refractivity contribution >= 4 is 34.6 Å². The van der Waals surface area contributed by atoms with Crippen molar-refractivity contribution in [3.63, 3.8) is 0 Å². The molecule has 0 aliphatic carbocycles. The highest BCUT2D eigenvalue weighted by atomic mass is 35.5. The third-order valence-corrected chi connectivity index (χ3v) is 7.24. The number of aryl methyl sites for hydroxylation is 1. The molecule has 1 aliphatic heterocycles. The Balaban J connectivity index is 1.62. The molecule has 5 nitrogen and oxygen atoms in total. The van der Waals surface area contributed by atoms with E-state index in [1.54, 1.807) is 7.11 Å². The second-order valence-electron chi connectivity index (χ2n) is 8.71. The van der Waals surface area contributed by atoms with Crippen LogP contribution in [0, 0.1) is 13.8 Å². The van der Waals surface area contributed by atoms with Gasteiger partial charge in [0.1, 0.15) is 5.75 Å². The second kappa shape index (κ2) is 9.72. The van der Waals surface area contributed by atoms with Gasteiger partial charge in [-0.05, 0) is 73.6 Å². The van der Waals surface area contributed by atoms with E-state index in [1.807, 2.05) is 48.7 Å². The van der Waals surface area contributed by atoms with Crippen LogP contribution in [-0.2, 0) is 6.54 Å². The van der Waals surface area contributed by atoms with Crippen LogP contribution in [0.5, 0.6) is 5.75 Å². The number of hydrogen-bond acceptors (Lipinski definition) is 3. The second-order valence-corrected chi connectivity index (χ2v) is 9.51. The predicted molar refractivity (Wildman–Crippen MR) is 145 cm³/mol. The van der Waals surface area contributed by atoms with Crippen LogP contribution >= 0.6 is 23.8 Å². The normalized spacial score (nSPS) is 17.5. The summed E-state index contributed by atoms with van der Waals surface area (Å²) in [7, 11) is 1.62. The van der Waals surface area contributed by atoms with Gasteiger partial charge < -0.3 is 19.5 Å². The number of benzene rings is 2. The van der Waals surface area contributed by atoms with Gasteiger partial charge in [-0.25, -0.2) is 0 Å². The highest BCUT2D eigenvalue weighted by Gasteiger charge is 2.42. The first-order valence-corrected chi connectivity index (χ1v) is 12.3. The van der Waals surface area contributed by atoms with Gasteiger partial charge in [0.05, 0.1) is 29.9 Å². The summed E-state index contributed by atoms with van der Waals surface area (Å²) in [6, 6.07) is 24.3. The number of methoxy groups -OCH3 is 1. The first-order chi connectivity index (χ1) is 17.0. The van der Waals surface area contributed by atoms with Gasteiger partial charge in [-0.3, -0.25) is 4.98 Å². The lowest BCUT2D eigenvalue weighted by Gasteiger charge is -2.28. The molecule has 3 heterocycles. The molecule has 2 aromatic carbocycles. The molecule has 178 valence electrons. The minimum absolute atomic E-state index is 0.0995. The lowest BCUT2D eigenvalue weighted by atomic mass is 9.96. The van der Waals surface area contributed by atoms with Crippen molar-refractivity contribution in [2.75, 3.05) is 12.0 Å². The minimum Gasteiger partial charge on any atom is -0.495 e. The summed E-state index contributed by atoms with van der Waals surface area (Å²) in [6.07, 6.45) is 1.82. The first-order valence-electron chi connectivity index (χ1n) is 11.5. The Morgan fingerprint density at radius 3 is 2.49 bits per heavy atom. The van der Waals surface area contributed by atoms with Crippen molar-refractivity contribution in [2.24, 2.45) is 0 Å². The van der Waals surface area contributed by atoms with Crippen molar-refractivity contribution in [2.45, 2.75) is 32.5 Å². The fraction of sp³-hybridized carbons (Fsp3) is 0.214.